The Morgan fingerprint density at radius 2 is 2.05 bits per heavy atom. The van der Waals surface area contributed by atoms with E-state index in [4.69, 9.17) is 17.0 Å². The summed E-state index contributed by atoms with van der Waals surface area (Å²) in [5.74, 6) is -0.243. The third-order valence-electron chi connectivity index (χ3n) is 3.67. The number of aryl methyl sites for hydroxylation is 2. The summed E-state index contributed by atoms with van der Waals surface area (Å²) in [6.45, 7) is 8.14. The molecule has 1 aromatic carbocycles. The van der Waals surface area contributed by atoms with Crippen LogP contribution in [0.5, 0.6) is 0 Å². The van der Waals surface area contributed by atoms with Crippen molar-refractivity contribution in [2.75, 3.05) is 38.4 Å². The van der Waals surface area contributed by atoms with Crippen LogP contribution in [-0.4, -0.2) is 54.4 Å². The average molecular weight is 321 g/mol. The zero-order valence-corrected chi connectivity index (χ0v) is 14.4. The van der Waals surface area contributed by atoms with Gasteiger partial charge < -0.3 is 14.5 Å². The summed E-state index contributed by atoms with van der Waals surface area (Å²) in [5, 5.41) is 0.815. The predicted molar refractivity (Wildman–Crippen MR) is 91.8 cm³/mol. The highest BCUT2D eigenvalue weighted by Crippen LogP contribution is 2.24. The Bertz CT molecular complexity index is 577. The number of hydrogen-bond acceptors (Lipinski definition) is 4. The highest BCUT2D eigenvalue weighted by Gasteiger charge is 2.26. The Kier molecular flexibility index (Phi) is 5.37. The maximum atomic E-state index is 10.9. The van der Waals surface area contributed by atoms with Crippen molar-refractivity contribution in [1.82, 2.24) is 9.80 Å². The number of thiocarbonyl (C=S) groups is 1. The third kappa shape index (κ3) is 3.96. The smallest absolute Gasteiger partial charge is 0.302 e. The van der Waals surface area contributed by atoms with E-state index in [2.05, 4.69) is 41.8 Å². The fourth-order valence-corrected chi connectivity index (χ4v) is 2.83. The van der Waals surface area contributed by atoms with Crippen molar-refractivity contribution in [3.05, 3.63) is 29.3 Å². The largest absolute Gasteiger partial charge is 0.465 e. The second kappa shape index (κ2) is 7.07. The van der Waals surface area contributed by atoms with E-state index < -0.39 is 0 Å². The maximum absolute atomic E-state index is 10.9. The van der Waals surface area contributed by atoms with Crippen LogP contribution < -0.4 is 4.90 Å². The van der Waals surface area contributed by atoms with Crippen LogP contribution >= 0.6 is 12.2 Å². The van der Waals surface area contributed by atoms with Crippen LogP contribution in [-0.2, 0) is 9.53 Å². The fraction of sp³-hybridized carbons (Fsp3) is 0.500. The lowest BCUT2D eigenvalue weighted by Gasteiger charge is -2.43. The Labute approximate surface area is 137 Å². The highest BCUT2D eigenvalue weighted by molar-refractivity contribution is 7.80. The van der Waals surface area contributed by atoms with Gasteiger partial charge >= 0.3 is 5.97 Å². The monoisotopic (exact) mass is 321 g/mol. The van der Waals surface area contributed by atoms with Crippen LogP contribution in [0.25, 0.3) is 0 Å². The number of anilines is 1. The first-order valence-corrected chi connectivity index (χ1v) is 7.75. The number of hydrogen-bond donors (Lipinski definition) is 0. The molecular formula is C16H23N3O2S. The summed E-state index contributed by atoms with van der Waals surface area (Å²) in [6.07, 6.45) is 0. The summed E-state index contributed by atoms with van der Waals surface area (Å²) < 4.78 is 5.04. The Morgan fingerprint density at radius 3 is 2.68 bits per heavy atom. The van der Waals surface area contributed by atoms with Crippen LogP contribution in [0.15, 0.2) is 18.2 Å². The molecule has 0 atom stereocenters. The Morgan fingerprint density at radius 1 is 1.32 bits per heavy atom. The van der Waals surface area contributed by atoms with Crippen LogP contribution in [0, 0.1) is 13.8 Å². The van der Waals surface area contributed by atoms with Gasteiger partial charge in [0.25, 0.3) is 0 Å². The number of ether oxygens (including phenoxy) is 1. The van der Waals surface area contributed by atoms with Gasteiger partial charge in [0.15, 0.2) is 5.11 Å². The second-order valence-corrected chi connectivity index (χ2v) is 6.08. The van der Waals surface area contributed by atoms with Crippen molar-refractivity contribution in [1.29, 1.82) is 0 Å². The standard InChI is InChI=1S/C16H23N3O2S/c1-12-5-6-15(13(2)9-12)19-11-18(7-8-21-14(3)20)10-17(4)16(19)22/h5-6,9H,7-8,10-11H2,1-4H3. The quantitative estimate of drug-likeness (QED) is 0.624. The van der Waals surface area contributed by atoms with Crippen LogP contribution in [0.1, 0.15) is 18.1 Å². The van der Waals surface area contributed by atoms with E-state index in [0.29, 0.717) is 19.8 Å². The molecule has 0 unspecified atom stereocenters. The van der Waals surface area contributed by atoms with Gasteiger partial charge in [0.2, 0.25) is 0 Å². The SMILES string of the molecule is CC(=O)OCCN1CN(C)C(=S)N(c2ccc(C)cc2C)C1. The van der Waals surface area contributed by atoms with E-state index in [0.717, 1.165) is 17.5 Å². The molecule has 0 spiro atoms. The van der Waals surface area contributed by atoms with Crippen molar-refractivity contribution < 1.29 is 9.53 Å². The molecule has 5 nitrogen and oxygen atoms in total. The van der Waals surface area contributed by atoms with Crippen LogP contribution in [0.2, 0.25) is 0 Å². The molecule has 120 valence electrons. The van der Waals surface area contributed by atoms with Crippen molar-refractivity contribution >= 4 is 29.0 Å². The minimum atomic E-state index is -0.243. The molecule has 1 fully saturated rings. The normalized spacial score (nSPS) is 16.1. The lowest BCUT2D eigenvalue weighted by molar-refractivity contribution is -0.141. The average Bonchev–Trinajstić information content (AvgIpc) is 2.42. The molecule has 1 aliphatic rings. The molecule has 0 amide bonds. The topological polar surface area (TPSA) is 36.0 Å². The zero-order valence-electron chi connectivity index (χ0n) is 13.6. The van der Waals surface area contributed by atoms with Crippen molar-refractivity contribution in [3.63, 3.8) is 0 Å². The number of esters is 1. The summed E-state index contributed by atoms with van der Waals surface area (Å²) in [5.41, 5.74) is 3.57. The van der Waals surface area contributed by atoms with Crippen molar-refractivity contribution in [2.24, 2.45) is 0 Å². The number of carbonyl (C=O) groups excluding carboxylic acids is 1. The van der Waals surface area contributed by atoms with Gasteiger partial charge in [-0.3, -0.25) is 9.69 Å². The summed E-state index contributed by atoms with van der Waals surface area (Å²) in [7, 11) is 1.98. The van der Waals surface area contributed by atoms with E-state index >= 15 is 0 Å². The number of benzene rings is 1. The highest BCUT2D eigenvalue weighted by atomic mass is 32.1. The molecule has 1 heterocycles. The van der Waals surface area contributed by atoms with Gasteiger partial charge in [0.05, 0.1) is 13.3 Å². The lowest BCUT2D eigenvalue weighted by atomic mass is 10.1. The Hall–Kier alpha value is -1.66. The molecule has 0 bridgehead atoms. The fourth-order valence-electron chi connectivity index (χ4n) is 2.62. The first-order valence-electron chi connectivity index (χ1n) is 7.34. The van der Waals surface area contributed by atoms with Gasteiger partial charge in [-0.2, -0.15) is 0 Å². The molecule has 1 saturated heterocycles. The Balaban J connectivity index is 2.11. The van der Waals surface area contributed by atoms with E-state index in [1.807, 2.05) is 11.9 Å². The zero-order chi connectivity index (χ0) is 16.3. The molecule has 0 aliphatic carbocycles. The number of carbonyl (C=O) groups is 1. The van der Waals surface area contributed by atoms with Crippen LogP contribution in [0.3, 0.4) is 0 Å². The number of nitrogens with zero attached hydrogens (tertiary/aromatic N) is 3. The van der Waals surface area contributed by atoms with E-state index in [-0.39, 0.29) is 5.97 Å². The minimum absolute atomic E-state index is 0.243. The van der Waals surface area contributed by atoms with E-state index in [9.17, 15) is 4.79 Å². The van der Waals surface area contributed by atoms with E-state index in [1.165, 1.54) is 18.1 Å². The predicted octanol–water partition coefficient (Wildman–Crippen LogP) is 2.12. The molecule has 22 heavy (non-hydrogen) atoms. The van der Waals surface area contributed by atoms with Gasteiger partial charge in [0.1, 0.15) is 6.61 Å². The number of rotatable bonds is 4. The summed E-state index contributed by atoms with van der Waals surface area (Å²) in [4.78, 5) is 17.2. The molecule has 1 aromatic rings. The van der Waals surface area contributed by atoms with E-state index in [1.54, 1.807) is 0 Å². The van der Waals surface area contributed by atoms with Crippen LogP contribution in [0.4, 0.5) is 5.69 Å². The van der Waals surface area contributed by atoms with Gasteiger partial charge in [-0.1, -0.05) is 17.7 Å². The van der Waals surface area contributed by atoms with Crippen molar-refractivity contribution in [3.8, 4) is 0 Å². The van der Waals surface area contributed by atoms with Crippen molar-refractivity contribution in [2.45, 2.75) is 20.8 Å². The maximum Gasteiger partial charge on any atom is 0.302 e. The molecule has 0 aromatic heterocycles. The molecular weight excluding hydrogens is 298 g/mol. The van der Waals surface area contributed by atoms with Gasteiger partial charge in [-0.05, 0) is 37.7 Å². The molecule has 0 saturated carbocycles. The second-order valence-electron chi connectivity index (χ2n) is 5.72. The molecule has 1 aliphatic heterocycles. The van der Waals surface area contributed by atoms with Gasteiger partial charge in [-0.25, -0.2) is 0 Å². The van der Waals surface area contributed by atoms with Gasteiger partial charge in [0, 0.05) is 26.2 Å². The first-order chi connectivity index (χ1) is 10.4. The lowest BCUT2D eigenvalue weighted by Crippen LogP contribution is -2.57. The molecule has 6 heteroatoms. The molecule has 0 N–H and O–H groups in total. The summed E-state index contributed by atoms with van der Waals surface area (Å²) in [6, 6.07) is 6.37. The third-order valence-corrected chi connectivity index (χ3v) is 4.20. The summed E-state index contributed by atoms with van der Waals surface area (Å²) >= 11 is 5.57. The minimum Gasteiger partial charge on any atom is -0.465 e. The first kappa shape index (κ1) is 16.7. The van der Waals surface area contributed by atoms with Gasteiger partial charge in [-0.15, -0.1) is 0 Å². The molecule has 0 radical (unpaired) electrons. The molecule has 2 rings (SSSR count).